The molecule has 0 radical (unpaired) electrons. The van der Waals surface area contributed by atoms with Crippen LogP contribution in [0, 0.1) is 22.0 Å². The van der Waals surface area contributed by atoms with Crippen molar-refractivity contribution in [2.45, 2.75) is 26.7 Å². The SMILES string of the molecule is CC(C)CC(CCO)CNC(=O)c1c[nH]c2ccc([N+](=O)[O-])cc12. The molecular formula is C17H23N3O4. The number of fused-ring (bicyclic) bond motifs is 1. The summed E-state index contributed by atoms with van der Waals surface area (Å²) in [5, 5.41) is 23.5. The van der Waals surface area contributed by atoms with Crippen molar-refractivity contribution in [2.75, 3.05) is 13.2 Å². The lowest BCUT2D eigenvalue weighted by molar-refractivity contribution is -0.384. The first-order valence-corrected chi connectivity index (χ1v) is 8.07. The molecule has 7 heteroatoms. The molecule has 0 saturated carbocycles. The van der Waals surface area contributed by atoms with Crippen molar-refractivity contribution in [3.8, 4) is 0 Å². The van der Waals surface area contributed by atoms with Gasteiger partial charge in [0, 0.05) is 42.4 Å². The molecule has 0 aliphatic heterocycles. The third kappa shape index (κ3) is 4.32. The predicted octanol–water partition coefficient (Wildman–Crippen LogP) is 2.85. The van der Waals surface area contributed by atoms with E-state index in [0.717, 1.165) is 6.42 Å². The molecule has 0 spiro atoms. The van der Waals surface area contributed by atoms with E-state index in [0.29, 0.717) is 35.3 Å². The molecule has 1 unspecified atom stereocenters. The Morgan fingerprint density at radius 3 is 2.79 bits per heavy atom. The molecular weight excluding hydrogens is 310 g/mol. The number of non-ortho nitro benzene ring substituents is 1. The average Bonchev–Trinajstić information content (AvgIpc) is 2.95. The number of nitrogens with one attached hydrogen (secondary N) is 2. The van der Waals surface area contributed by atoms with Gasteiger partial charge < -0.3 is 15.4 Å². The molecule has 2 aromatic rings. The van der Waals surface area contributed by atoms with E-state index in [9.17, 15) is 14.9 Å². The van der Waals surface area contributed by atoms with Gasteiger partial charge in [-0.05, 0) is 30.7 Å². The minimum atomic E-state index is -0.478. The summed E-state index contributed by atoms with van der Waals surface area (Å²) in [5.74, 6) is 0.418. The van der Waals surface area contributed by atoms with E-state index in [1.54, 1.807) is 12.3 Å². The van der Waals surface area contributed by atoms with Gasteiger partial charge in [0.15, 0.2) is 0 Å². The summed E-state index contributed by atoms with van der Waals surface area (Å²) < 4.78 is 0. The first-order valence-electron chi connectivity index (χ1n) is 8.07. The van der Waals surface area contributed by atoms with Crippen LogP contribution >= 0.6 is 0 Å². The van der Waals surface area contributed by atoms with Crippen LogP contribution in [0.25, 0.3) is 10.9 Å². The Kier molecular flexibility index (Phi) is 5.92. The highest BCUT2D eigenvalue weighted by Crippen LogP contribution is 2.24. The Labute approximate surface area is 140 Å². The maximum atomic E-state index is 12.4. The number of H-pyrrole nitrogens is 1. The van der Waals surface area contributed by atoms with E-state index in [2.05, 4.69) is 24.1 Å². The first kappa shape index (κ1) is 17.9. The fourth-order valence-electron chi connectivity index (χ4n) is 2.89. The largest absolute Gasteiger partial charge is 0.396 e. The van der Waals surface area contributed by atoms with E-state index < -0.39 is 4.92 Å². The maximum absolute atomic E-state index is 12.4. The van der Waals surface area contributed by atoms with Gasteiger partial charge in [-0.3, -0.25) is 14.9 Å². The van der Waals surface area contributed by atoms with Crippen molar-refractivity contribution in [2.24, 2.45) is 11.8 Å². The zero-order valence-electron chi connectivity index (χ0n) is 13.9. The highest BCUT2D eigenvalue weighted by atomic mass is 16.6. The molecule has 130 valence electrons. The highest BCUT2D eigenvalue weighted by molar-refractivity contribution is 6.07. The number of hydrogen-bond acceptors (Lipinski definition) is 4. The molecule has 1 aromatic heterocycles. The minimum Gasteiger partial charge on any atom is -0.396 e. The molecule has 0 bridgehead atoms. The van der Waals surface area contributed by atoms with Crippen molar-refractivity contribution in [1.29, 1.82) is 0 Å². The van der Waals surface area contributed by atoms with Gasteiger partial charge in [-0.25, -0.2) is 0 Å². The standard InChI is InChI=1S/C17H23N3O4/c1-11(2)7-12(5-6-21)9-19-17(22)15-10-18-16-4-3-13(20(23)24)8-14(15)16/h3-4,8,10-12,18,21H,5-7,9H2,1-2H3,(H,19,22). The normalized spacial score (nSPS) is 12.5. The van der Waals surface area contributed by atoms with Crippen molar-refractivity contribution >= 4 is 22.5 Å². The van der Waals surface area contributed by atoms with Gasteiger partial charge in [-0.2, -0.15) is 0 Å². The molecule has 1 aromatic carbocycles. The third-order valence-corrected chi connectivity index (χ3v) is 4.01. The summed E-state index contributed by atoms with van der Waals surface area (Å²) >= 11 is 0. The highest BCUT2D eigenvalue weighted by Gasteiger charge is 2.17. The topological polar surface area (TPSA) is 108 Å². The lowest BCUT2D eigenvalue weighted by atomic mass is 9.94. The Morgan fingerprint density at radius 1 is 1.42 bits per heavy atom. The monoisotopic (exact) mass is 333 g/mol. The van der Waals surface area contributed by atoms with Gasteiger partial charge in [-0.15, -0.1) is 0 Å². The van der Waals surface area contributed by atoms with E-state index >= 15 is 0 Å². The second-order valence-electron chi connectivity index (χ2n) is 6.41. The lowest BCUT2D eigenvalue weighted by Crippen LogP contribution is -2.30. The number of carbonyl (C=O) groups is 1. The Balaban J connectivity index is 2.13. The number of nitro groups is 1. The molecule has 0 fully saturated rings. The van der Waals surface area contributed by atoms with Crippen LogP contribution in [0.15, 0.2) is 24.4 Å². The minimum absolute atomic E-state index is 0.0471. The quantitative estimate of drug-likeness (QED) is 0.510. The average molecular weight is 333 g/mol. The zero-order chi connectivity index (χ0) is 17.7. The van der Waals surface area contributed by atoms with Crippen LogP contribution < -0.4 is 5.32 Å². The Bertz CT molecular complexity index is 724. The van der Waals surface area contributed by atoms with Gasteiger partial charge in [0.1, 0.15) is 0 Å². The molecule has 1 amide bonds. The number of hydrogen-bond donors (Lipinski definition) is 3. The number of rotatable bonds is 8. The van der Waals surface area contributed by atoms with E-state index in [4.69, 9.17) is 5.11 Å². The van der Waals surface area contributed by atoms with Crippen LogP contribution in [0.3, 0.4) is 0 Å². The number of nitrogens with zero attached hydrogens (tertiary/aromatic N) is 1. The van der Waals surface area contributed by atoms with Crippen molar-refractivity contribution in [3.05, 3.63) is 40.1 Å². The second kappa shape index (κ2) is 7.92. The van der Waals surface area contributed by atoms with Crippen LogP contribution in [0.1, 0.15) is 37.0 Å². The molecule has 0 saturated heterocycles. The van der Waals surface area contributed by atoms with Crippen molar-refractivity contribution in [3.63, 3.8) is 0 Å². The first-order chi connectivity index (χ1) is 11.4. The van der Waals surface area contributed by atoms with Gasteiger partial charge in [-0.1, -0.05) is 13.8 Å². The van der Waals surface area contributed by atoms with E-state index in [1.165, 1.54) is 12.1 Å². The second-order valence-corrected chi connectivity index (χ2v) is 6.41. The van der Waals surface area contributed by atoms with Gasteiger partial charge >= 0.3 is 0 Å². The zero-order valence-corrected chi connectivity index (χ0v) is 13.9. The van der Waals surface area contributed by atoms with Crippen molar-refractivity contribution < 1.29 is 14.8 Å². The molecule has 0 aliphatic rings. The van der Waals surface area contributed by atoms with E-state index in [-0.39, 0.29) is 24.1 Å². The number of amides is 1. The van der Waals surface area contributed by atoms with Crippen LogP contribution in [-0.4, -0.2) is 34.1 Å². The molecule has 7 nitrogen and oxygen atoms in total. The fraction of sp³-hybridized carbons (Fsp3) is 0.471. The van der Waals surface area contributed by atoms with Crippen LogP contribution in [0.2, 0.25) is 0 Å². The number of carbonyl (C=O) groups excluding carboxylic acids is 1. The molecule has 1 atom stereocenters. The maximum Gasteiger partial charge on any atom is 0.270 e. The van der Waals surface area contributed by atoms with Crippen LogP contribution in [0.5, 0.6) is 0 Å². The van der Waals surface area contributed by atoms with Gasteiger partial charge in [0.2, 0.25) is 0 Å². The Hall–Kier alpha value is -2.41. The van der Waals surface area contributed by atoms with E-state index in [1.807, 2.05) is 0 Å². The number of benzene rings is 1. The summed E-state index contributed by atoms with van der Waals surface area (Å²) in [6.07, 6.45) is 3.12. The smallest absolute Gasteiger partial charge is 0.270 e. The summed E-state index contributed by atoms with van der Waals surface area (Å²) in [4.78, 5) is 25.8. The number of aliphatic hydroxyl groups excluding tert-OH is 1. The van der Waals surface area contributed by atoms with Crippen molar-refractivity contribution in [1.82, 2.24) is 10.3 Å². The summed E-state index contributed by atoms with van der Waals surface area (Å²) in [7, 11) is 0. The predicted molar refractivity (Wildman–Crippen MR) is 91.9 cm³/mol. The number of aliphatic hydroxyl groups is 1. The fourth-order valence-corrected chi connectivity index (χ4v) is 2.89. The summed E-state index contributed by atoms with van der Waals surface area (Å²) in [5.41, 5.74) is 1.02. The number of aromatic nitrogens is 1. The van der Waals surface area contributed by atoms with Gasteiger partial charge in [0.25, 0.3) is 11.6 Å². The number of nitro benzene ring substituents is 1. The molecule has 1 heterocycles. The summed E-state index contributed by atoms with van der Waals surface area (Å²) in [6.45, 7) is 4.77. The number of aromatic amines is 1. The third-order valence-electron chi connectivity index (χ3n) is 4.01. The molecule has 24 heavy (non-hydrogen) atoms. The Morgan fingerprint density at radius 2 is 2.17 bits per heavy atom. The molecule has 3 N–H and O–H groups in total. The van der Waals surface area contributed by atoms with Crippen LogP contribution in [-0.2, 0) is 0 Å². The summed E-state index contributed by atoms with van der Waals surface area (Å²) in [6, 6.07) is 4.40. The van der Waals surface area contributed by atoms with Gasteiger partial charge in [0.05, 0.1) is 10.5 Å². The molecule has 2 rings (SSSR count). The van der Waals surface area contributed by atoms with Crippen LogP contribution in [0.4, 0.5) is 5.69 Å². The lowest BCUT2D eigenvalue weighted by Gasteiger charge is -2.18. The molecule has 0 aliphatic carbocycles.